The first-order valence-corrected chi connectivity index (χ1v) is 44.1. The number of ether oxygens (including phenoxy) is 10. The van der Waals surface area contributed by atoms with Crippen LogP contribution in [-0.2, 0) is 40.4 Å². The second kappa shape index (κ2) is 38.6. The molecule has 22 rings (SSSR count). The summed E-state index contributed by atoms with van der Waals surface area (Å²) in [6.45, 7) is 9.72. The molecular formula is C105H96N12O11. The van der Waals surface area contributed by atoms with Crippen LogP contribution in [0.2, 0.25) is 0 Å². The van der Waals surface area contributed by atoms with E-state index in [0.29, 0.717) is 117 Å². The quantitative estimate of drug-likeness (QED) is 0.0533. The number of aliphatic hydroxyl groups is 1. The molecule has 0 radical (unpaired) electrons. The van der Waals surface area contributed by atoms with Gasteiger partial charge in [0.15, 0.2) is 0 Å². The molecule has 0 amide bonds. The van der Waals surface area contributed by atoms with Gasteiger partial charge in [-0.3, -0.25) is 14.6 Å². The Labute approximate surface area is 741 Å². The van der Waals surface area contributed by atoms with E-state index in [2.05, 4.69) is 139 Å². The maximum Gasteiger partial charge on any atom is 0.137 e. The van der Waals surface area contributed by atoms with Crippen molar-refractivity contribution in [3.05, 3.63) is 275 Å². The summed E-state index contributed by atoms with van der Waals surface area (Å²) in [7, 11) is 0. The summed E-state index contributed by atoms with van der Waals surface area (Å²) >= 11 is 0. The van der Waals surface area contributed by atoms with Gasteiger partial charge in [-0.15, -0.1) is 0 Å². The van der Waals surface area contributed by atoms with Gasteiger partial charge in [-0.2, -0.15) is 26.1 Å². The highest BCUT2D eigenvalue weighted by Gasteiger charge is 2.38. The first-order chi connectivity index (χ1) is 63.0. The number of nitrogens with zero attached hydrogens (tertiary/aromatic N) is 8. The van der Waals surface area contributed by atoms with Crippen LogP contribution < -0.4 is 24.3 Å². The molecule has 14 aromatic rings. The van der Waals surface area contributed by atoms with Crippen LogP contribution in [0.25, 0.3) is 117 Å². The largest absolute Gasteiger partial charge is 0.489 e. The number of aromatic nitrogens is 7. The zero-order valence-corrected chi connectivity index (χ0v) is 70.9. The van der Waals surface area contributed by atoms with E-state index in [9.17, 15) is 26.2 Å². The lowest BCUT2D eigenvalue weighted by Gasteiger charge is -2.36. The molecule has 0 spiro atoms. The Hall–Kier alpha value is -13.8. The van der Waals surface area contributed by atoms with E-state index in [4.69, 9.17) is 47.4 Å². The van der Waals surface area contributed by atoms with Gasteiger partial charge in [0.05, 0.1) is 119 Å². The minimum atomic E-state index is -0.870. The summed E-state index contributed by atoms with van der Waals surface area (Å²) in [5.41, 5.74) is 24.9. The molecule has 6 aromatic heterocycles. The molecule has 6 saturated heterocycles. The number of fused-ring (bicyclic) bond motifs is 4. The van der Waals surface area contributed by atoms with Crippen LogP contribution in [-0.4, -0.2) is 157 Å². The number of hydrogen-bond acceptors (Lipinski definition) is 19. The first-order valence-electron chi connectivity index (χ1n) is 44.1. The highest BCUT2D eigenvalue weighted by atomic mass is 16.5. The standard InChI is InChI=1S/C29H26N2O4.C26H24N4O3.C25H21N3O2.C25H25N3O2/c30-16-21-14-20(6-9-28(21)35-23-10-12-33-13-11-23)24-2-1-3-26-25(24)15-27(31-26)19-4-7-22(8-5-19)29(32)17-34-18-29;27-12-18-10-17(4-5-26(18)33-21-6-8-31-9-7-21)22-2-1-3-24-23(22)11-25(29-24)19-13-28-30(14-19)20-15-32-16-20;26-15-19-13-17(6-7-25(19)30-20-8-11-29-12-9-20)21-4-1-5-23-22(21)14-24(28-23)18-3-2-10-27-16-18;26-16-20-13-18(1-2-25(20)30-21-6-11-29-12-7-21)22-5-10-28-24-15-19(14-23(22)24)17-3-8-27-9-4-17/h1-9,14-15,23,31-32H,10-13,17-18H2;1-5,10-11,13-14,20-21,29H,6-9,15-16H2;1-7,10,13-14,16,20,28H,8-9,11-12H2;1-3,5,10,13-14,21,27H,4,6-9,11-12,15H2. The molecule has 642 valence electrons. The van der Waals surface area contributed by atoms with Crippen LogP contribution in [0.3, 0.4) is 0 Å². The van der Waals surface area contributed by atoms with Crippen molar-refractivity contribution in [1.29, 1.82) is 21.0 Å². The van der Waals surface area contributed by atoms with E-state index < -0.39 is 5.60 Å². The molecule has 0 bridgehead atoms. The van der Waals surface area contributed by atoms with E-state index in [1.54, 1.807) is 6.20 Å². The molecule has 1 aliphatic carbocycles. The van der Waals surface area contributed by atoms with E-state index in [1.165, 1.54) is 16.7 Å². The topological polar surface area (TPSA) is 311 Å². The predicted octanol–water partition coefficient (Wildman–Crippen LogP) is 19.2. The molecule has 8 aromatic carbocycles. The van der Waals surface area contributed by atoms with Gasteiger partial charge in [-0.25, -0.2) is 0 Å². The number of allylic oxidation sites excluding steroid dienone is 1. The Bertz CT molecular complexity index is 6610. The average molecular weight is 1700 g/mol. The zero-order valence-electron chi connectivity index (χ0n) is 70.9. The SMILES string of the molecule is N#Cc1cc(-c2cccc3[nH]c(-c4ccc(C5(O)COC5)cc4)cc23)ccc1OC1CCOCC1.N#Cc1cc(-c2cccc3[nH]c(-c4cccnc4)cc23)ccc1OC1CCOCC1.N#Cc1cc(-c2cccc3[nH]c(-c4cnn(C5COC5)c4)cc23)ccc1OC1CCOCC1.N#Cc1cc(-c2ccnc3c2C=C(C2=CCNCC2)C3)ccc1OC1CCOCC1. The summed E-state index contributed by atoms with van der Waals surface area (Å²) in [4.78, 5) is 19.4. The van der Waals surface area contributed by atoms with Crippen molar-refractivity contribution in [1.82, 2.24) is 40.0 Å². The molecule has 8 aliphatic rings. The van der Waals surface area contributed by atoms with Crippen molar-refractivity contribution in [3.63, 3.8) is 0 Å². The highest BCUT2D eigenvalue weighted by Crippen LogP contribution is 2.43. The normalized spacial score (nSPS) is 17.0. The Morgan fingerprint density at radius 3 is 1.26 bits per heavy atom. The zero-order chi connectivity index (χ0) is 86.7. The van der Waals surface area contributed by atoms with E-state index in [1.807, 2.05) is 151 Å². The van der Waals surface area contributed by atoms with Crippen LogP contribution in [0.4, 0.5) is 0 Å². The fourth-order valence-electron chi connectivity index (χ4n) is 17.7. The molecule has 7 aliphatic heterocycles. The van der Waals surface area contributed by atoms with Crippen LogP contribution in [0.15, 0.2) is 236 Å². The van der Waals surface area contributed by atoms with Gasteiger partial charge in [0.25, 0.3) is 0 Å². The van der Waals surface area contributed by atoms with E-state index in [-0.39, 0.29) is 24.4 Å². The van der Waals surface area contributed by atoms with Gasteiger partial charge in [-0.05, 0) is 189 Å². The van der Waals surface area contributed by atoms with Gasteiger partial charge in [0.2, 0.25) is 0 Å². The first kappa shape index (κ1) is 83.7. The van der Waals surface area contributed by atoms with Gasteiger partial charge in [0.1, 0.15) is 77.3 Å². The van der Waals surface area contributed by atoms with Crippen molar-refractivity contribution >= 4 is 38.8 Å². The number of pyridine rings is 2. The van der Waals surface area contributed by atoms with E-state index in [0.717, 1.165) is 213 Å². The minimum Gasteiger partial charge on any atom is -0.489 e. The van der Waals surface area contributed by atoms with Crippen LogP contribution in [0, 0.1) is 45.3 Å². The lowest BCUT2D eigenvalue weighted by Crippen LogP contribution is -2.46. The van der Waals surface area contributed by atoms with Crippen molar-refractivity contribution in [2.24, 2.45) is 0 Å². The monoisotopic (exact) mass is 1700 g/mol. The van der Waals surface area contributed by atoms with Gasteiger partial charge >= 0.3 is 0 Å². The number of rotatable bonds is 18. The van der Waals surface area contributed by atoms with Crippen LogP contribution >= 0.6 is 0 Å². The van der Waals surface area contributed by atoms with E-state index >= 15 is 0 Å². The Morgan fingerprint density at radius 2 is 0.859 bits per heavy atom. The Morgan fingerprint density at radius 1 is 0.422 bits per heavy atom. The Balaban J connectivity index is 0.000000111. The van der Waals surface area contributed by atoms with Crippen LogP contribution in [0.1, 0.15) is 103 Å². The number of nitrogens with one attached hydrogen (secondary N) is 4. The summed E-state index contributed by atoms with van der Waals surface area (Å²) in [6, 6.07) is 72.0. The molecule has 23 heteroatoms. The fraction of sp³-hybridized carbons (Fsp3) is 0.286. The number of nitriles is 4. The molecule has 0 unspecified atom stereocenters. The molecule has 13 heterocycles. The summed E-state index contributed by atoms with van der Waals surface area (Å²) in [5, 5.41) is 60.7. The second-order valence-corrected chi connectivity index (χ2v) is 33.4. The maximum atomic E-state index is 10.5. The number of aromatic amines is 3. The predicted molar refractivity (Wildman–Crippen MR) is 489 cm³/mol. The molecule has 0 atom stereocenters. The van der Waals surface area contributed by atoms with Gasteiger partial charge in [-0.1, -0.05) is 91.0 Å². The molecule has 128 heavy (non-hydrogen) atoms. The third-order valence-corrected chi connectivity index (χ3v) is 25.0. The van der Waals surface area contributed by atoms with Gasteiger partial charge < -0.3 is 72.7 Å². The average Bonchev–Trinajstić information content (AvgIpc) is 1.63. The molecular weight excluding hydrogens is 1610 g/mol. The lowest BCUT2D eigenvalue weighted by atomic mass is 9.91. The van der Waals surface area contributed by atoms with Gasteiger partial charge in [0, 0.05) is 156 Å². The number of hydrogen-bond donors (Lipinski definition) is 5. The second-order valence-electron chi connectivity index (χ2n) is 33.4. The van der Waals surface area contributed by atoms with Crippen LogP contribution in [0.5, 0.6) is 23.0 Å². The summed E-state index contributed by atoms with van der Waals surface area (Å²) in [6.07, 6.45) is 23.2. The third-order valence-electron chi connectivity index (χ3n) is 25.0. The minimum absolute atomic E-state index is 0.0845. The fourth-order valence-corrected chi connectivity index (χ4v) is 17.7. The lowest BCUT2D eigenvalue weighted by molar-refractivity contribution is -0.184. The smallest absolute Gasteiger partial charge is 0.137 e. The highest BCUT2D eigenvalue weighted by molar-refractivity contribution is 6.01. The molecule has 0 saturated carbocycles. The van der Waals surface area contributed by atoms with Crippen molar-refractivity contribution in [3.8, 4) is 126 Å². The Kier molecular flexibility index (Phi) is 25.2. The molecule has 23 nitrogen and oxygen atoms in total. The van der Waals surface area contributed by atoms with Crippen molar-refractivity contribution in [2.45, 2.75) is 100 Å². The van der Waals surface area contributed by atoms with Crippen molar-refractivity contribution < 1.29 is 52.5 Å². The summed E-state index contributed by atoms with van der Waals surface area (Å²) in [5.74, 6) is 2.58. The molecule has 5 N–H and O–H groups in total. The molecule has 6 fully saturated rings. The number of H-pyrrole nitrogens is 3. The van der Waals surface area contributed by atoms with Crippen molar-refractivity contribution in [2.75, 3.05) is 92.4 Å². The number of benzene rings is 8. The third kappa shape index (κ3) is 18.6. The maximum absolute atomic E-state index is 10.5. The summed E-state index contributed by atoms with van der Waals surface area (Å²) < 4.78 is 58.5.